The van der Waals surface area contributed by atoms with Crippen molar-refractivity contribution in [3.63, 3.8) is 0 Å². The van der Waals surface area contributed by atoms with Gasteiger partial charge in [-0.2, -0.15) is 0 Å². The molecule has 172 valence electrons. The van der Waals surface area contributed by atoms with E-state index in [2.05, 4.69) is 6.92 Å². The van der Waals surface area contributed by atoms with Gasteiger partial charge in [0.15, 0.2) is 6.10 Å². The number of hydrogen-bond donors (Lipinski definition) is 0. The average Bonchev–Trinajstić information content (AvgIpc) is 3.26. The fourth-order valence-electron chi connectivity index (χ4n) is 4.49. The molecule has 32 heavy (non-hydrogen) atoms. The summed E-state index contributed by atoms with van der Waals surface area (Å²) in [7, 11) is 0. The summed E-state index contributed by atoms with van der Waals surface area (Å²) in [5, 5.41) is 3.14. The Balaban J connectivity index is 1.65. The van der Waals surface area contributed by atoms with Crippen molar-refractivity contribution < 1.29 is 19.1 Å². The third-order valence-corrected chi connectivity index (χ3v) is 7.13. The van der Waals surface area contributed by atoms with Crippen LogP contribution in [0.1, 0.15) is 70.7 Å². The van der Waals surface area contributed by atoms with E-state index >= 15 is 0 Å². The molecule has 2 aliphatic rings. The first-order valence-corrected chi connectivity index (χ1v) is 12.7. The van der Waals surface area contributed by atoms with E-state index in [9.17, 15) is 9.59 Å². The predicted octanol–water partition coefficient (Wildman–Crippen LogP) is 5.53. The third kappa shape index (κ3) is 4.68. The van der Waals surface area contributed by atoms with Gasteiger partial charge >= 0.3 is 5.97 Å². The van der Waals surface area contributed by atoms with Crippen LogP contribution < -0.4 is 9.64 Å². The van der Waals surface area contributed by atoms with Gasteiger partial charge in [0.1, 0.15) is 17.9 Å². The molecule has 1 fully saturated rings. The van der Waals surface area contributed by atoms with E-state index in [4.69, 9.17) is 14.5 Å². The molecule has 2 heterocycles. The number of ether oxygens (including phenoxy) is 2. The maximum Gasteiger partial charge on any atom is 0.329 e. The second-order valence-electron chi connectivity index (χ2n) is 8.65. The maximum absolute atomic E-state index is 13.2. The van der Waals surface area contributed by atoms with Crippen LogP contribution in [0.3, 0.4) is 0 Å². The average molecular weight is 457 g/mol. The molecule has 0 bridgehead atoms. The molecule has 1 saturated carbocycles. The molecule has 0 N–H and O–H groups in total. The number of amides is 1. The van der Waals surface area contributed by atoms with E-state index in [1.807, 2.05) is 30.5 Å². The zero-order valence-corrected chi connectivity index (χ0v) is 20.0. The first-order chi connectivity index (χ1) is 15.5. The van der Waals surface area contributed by atoms with Crippen LogP contribution in [0.25, 0.3) is 11.3 Å². The number of anilines is 1. The number of fused-ring (bicyclic) bond motifs is 1. The SMILES string of the molecule is CCCc1nc(-c2ccc3c(c2)N(C(CC)C(=O)OC2CCCCC2)C(=O)C(C)O3)cs1. The number of benzene rings is 1. The van der Waals surface area contributed by atoms with Gasteiger partial charge in [-0.3, -0.25) is 9.69 Å². The minimum atomic E-state index is -0.670. The van der Waals surface area contributed by atoms with E-state index in [0.29, 0.717) is 17.9 Å². The standard InChI is InChI=1S/C25H32N2O4S/c1-4-9-23-26-19(15-32-23)17-12-13-22-21(14-17)27(24(28)16(3)30-22)20(5-2)25(29)31-18-10-7-6-8-11-18/h12-16,18,20H,4-11H2,1-3H3. The second-order valence-corrected chi connectivity index (χ2v) is 9.59. The van der Waals surface area contributed by atoms with E-state index in [-0.39, 0.29) is 18.0 Å². The van der Waals surface area contributed by atoms with Crippen molar-refractivity contribution in [3.8, 4) is 17.0 Å². The molecule has 2 unspecified atom stereocenters. The quantitative estimate of drug-likeness (QED) is 0.512. The van der Waals surface area contributed by atoms with E-state index in [1.54, 1.807) is 23.2 Å². The van der Waals surface area contributed by atoms with E-state index in [1.165, 1.54) is 6.42 Å². The zero-order chi connectivity index (χ0) is 22.7. The van der Waals surface area contributed by atoms with Crippen LogP contribution in [-0.4, -0.2) is 35.1 Å². The molecule has 1 aliphatic carbocycles. The lowest BCUT2D eigenvalue weighted by Gasteiger charge is -2.37. The molecule has 0 saturated heterocycles. The summed E-state index contributed by atoms with van der Waals surface area (Å²) in [6.45, 7) is 5.78. The number of nitrogens with zero attached hydrogens (tertiary/aromatic N) is 2. The van der Waals surface area contributed by atoms with Crippen LogP contribution in [-0.2, 0) is 20.7 Å². The van der Waals surface area contributed by atoms with Crippen LogP contribution in [0.2, 0.25) is 0 Å². The second kappa shape index (κ2) is 10.0. The first kappa shape index (κ1) is 22.8. The molecule has 1 aromatic carbocycles. The van der Waals surface area contributed by atoms with Crippen molar-refractivity contribution in [1.29, 1.82) is 0 Å². The Morgan fingerprint density at radius 3 is 2.78 bits per heavy atom. The fourth-order valence-corrected chi connectivity index (χ4v) is 5.40. The van der Waals surface area contributed by atoms with Crippen LogP contribution in [0.4, 0.5) is 5.69 Å². The molecular formula is C25H32N2O4S. The Bertz CT molecular complexity index is 967. The normalized spacial score (nSPS) is 19.9. The summed E-state index contributed by atoms with van der Waals surface area (Å²) < 4.78 is 11.7. The highest BCUT2D eigenvalue weighted by Gasteiger charge is 2.40. The summed E-state index contributed by atoms with van der Waals surface area (Å²) >= 11 is 1.65. The number of esters is 1. The number of thiazole rings is 1. The van der Waals surface area contributed by atoms with Gasteiger partial charge < -0.3 is 9.47 Å². The Hall–Kier alpha value is -2.41. The Morgan fingerprint density at radius 2 is 2.06 bits per heavy atom. The number of rotatable bonds is 7. The molecule has 1 aromatic heterocycles. The minimum absolute atomic E-state index is 0.0448. The number of carbonyl (C=O) groups is 2. The van der Waals surface area contributed by atoms with Gasteiger partial charge in [0, 0.05) is 10.9 Å². The number of aromatic nitrogens is 1. The van der Waals surface area contributed by atoms with Gasteiger partial charge in [0.05, 0.1) is 16.4 Å². The fraction of sp³-hybridized carbons (Fsp3) is 0.560. The highest BCUT2D eigenvalue weighted by atomic mass is 32.1. The molecule has 6 nitrogen and oxygen atoms in total. The highest BCUT2D eigenvalue weighted by molar-refractivity contribution is 7.09. The van der Waals surface area contributed by atoms with Crippen LogP contribution in [0.5, 0.6) is 5.75 Å². The molecule has 1 aliphatic heterocycles. The van der Waals surface area contributed by atoms with Crippen molar-refractivity contribution >= 4 is 28.9 Å². The Morgan fingerprint density at radius 1 is 1.28 bits per heavy atom. The highest BCUT2D eigenvalue weighted by Crippen LogP contribution is 2.39. The summed E-state index contributed by atoms with van der Waals surface area (Å²) in [6.07, 6.45) is 6.95. The van der Waals surface area contributed by atoms with Crippen LogP contribution in [0, 0.1) is 0 Å². The molecule has 7 heteroatoms. The summed E-state index contributed by atoms with van der Waals surface area (Å²) in [5.41, 5.74) is 2.40. The molecule has 1 amide bonds. The van der Waals surface area contributed by atoms with Gasteiger partial charge in [-0.1, -0.05) is 20.3 Å². The van der Waals surface area contributed by atoms with Crippen molar-refractivity contribution in [2.45, 2.75) is 90.4 Å². The third-order valence-electron chi connectivity index (χ3n) is 6.22. The predicted molar refractivity (Wildman–Crippen MR) is 126 cm³/mol. The van der Waals surface area contributed by atoms with Gasteiger partial charge in [0.25, 0.3) is 5.91 Å². The molecule has 2 atom stereocenters. The van der Waals surface area contributed by atoms with Crippen molar-refractivity contribution in [2.75, 3.05) is 4.90 Å². The topological polar surface area (TPSA) is 68.7 Å². The number of hydrogen-bond acceptors (Lipinski definition) is 6. The van der Waals surface area contributed by atoms with Gasteiger partial charge in [-0.15, -0.1) is 11.3 Å². The molecule has 0 radical (unpaired) electrons. The largest absolute Gasteiger partial charge is 0.479 e. The lowest BCUT2D eigenvalue weighted by atomic mass is 9.97. The van der Waals surface area contributed by atoms with Gasteiger partial charge in [0.2, 0.25) is 0 Å². The van der Waals surface area contributed by atoms with E-state index < -0.39 is 12.1 Å². The Kier molecular flexibility index (Phi) is 7.13. The monoisotopic (exact) mass is 456 g/mol. The number of aryl methyl sites for hydroxylation is 1. The summed E-state index contributed by atoms with van der Waals surface area (Å²) in [6, 6.07) is 5.08. The lowest BCUT2D eigenvalue weighted by molar-refractivity contribution is -0.153. The molecule has 0 spiro atoms. The first-order valence-electron chi connectivity index (χ1n) is 11.8. The molecular weight excluding hydrogens is 424 g/mol. The van der Waals surface area contributed by atoms with Crippen molar-refractivity contribution in [2.24, 2.45) is 0 Å². The number of carbonyl (C=O) groups excluding carboxylic acids is 2. The van der Waals surface area contributed by atoms with E-state index in [0.717, 1.165) is 54.8 Å². The smallest absolute Gasteiger partial charge is 0.329 e. The maximum atomic E-state index is 13.2. The van der Waals surface area contributed by atoms with Crippen molar-refractivity contribution in [1.82, 2.24) is 4.98 Å². The molecule has 4 rings (SSSR count). The lowest BCUT2D eigenvalue weighted by Crippen LogP contribution is -2.53. The summed E-state index contributed by atoms with van der Waals surface area (Å²) in [4.78, 5) is 32.7. The Labute approximate surface area is 193 Å². The minimum Gasteiger partial charge on any atom is -0.479 e. The zero-order valence-electron chi connectivity index (χ0n) is 19.1. The van der Waals surface area contributed by atoms with Crippen molar-refractivity contribution in [3.05, 3.63) is 28.6 Å². The van der Waals surface area contributed by atoms with Gasteiger partial charge in [-0.25, -0.2) is 9.78 Å². The van der Waals surface area contributed by atoms with Gasteiger partial charge in [-0.05, 0) is 70.1 Å². The summed E-state index contributed by atoms with van der Waals surface area (Å²) in [5.74, 6) is 0.0675. The van der Waals surface area contributed by atoms with Crippen LogP contribution >= 0.6 is 11.3 Å². The molecule has 2 aromatic rings. The van der Waals surface area contributed by atoms with Crippen LogP contribution in [0.15, 0.2) is 23.6 Å².